The van der Waals surface area contributed by atoms with Crippen LogP contribution in [0.3, 0.4) is 0 Å². The van der Waals surface area contributed by atoms with Crippen LogP contribution in [0.25, 0.3) is 10.9 Å². The maximum Gasteiger partial charge on any atom is 0.311 e. The average Bonchev–Trinajstić information content (AvgIpc) is 2.37. The van der Waals surface area contributed by atoms with Crippen LogP contribution >= 0.6 is 0 Å². The van der Waals surface area contributed by atoms with Gasteiger partial charge in [0.1, 0.15) is 0 Å². The molecule has 0 N–H and O–H groups in total. The SMILES string of the molecule is COC(=O)Cc1ccc2cc(N(C)C)ccc2n1. The average molecular weight is 244 g/mol. The molecule has 2 aromatic rings. The van der Waals surface area contributed by atoms with Crippen molar-refractivity contribution in [3.63, 3.8) is 0 Å². The van der Waals surface area contributed by atoms with E-state index in [0.29, 0.717) is 0 Å². The summed E-state index contributed by atoms with van der Waals surface area (Å²) in [6.07, 6.45) is 0.210. The summed E-state index contributed by atoms with van der Waals surface area (Å²) < 4.78 is 4.63. The van der Waals surface area contributed by atoms with Crippen LogP contribution in [0.1, 0.15) is 5.69 Å². The van der Waals surface area contributed by atoms with Crippen LogP contribution in [-0.2, 0) is 16.0 Å². The Labute approximate surface area is 106 Å². The van der Waals surface area contributed by atoms with Crippen molar-refractivity contribution in [1.82, 2.24) is 4.98 Å². The highest BCUT2D eigenvalue weighted by Crippen LogP contribution is 2.20. The van der Waals surface area contributed by atoms with Crippen molar-refractivity contribution in [3.8, 4) is 0 Å². The summed E-state index contributed by atoms with van der Waals surface area (Å²) in [6, 6.07) is 9.89. The third kappa shape index (κ3) is 2.59. The van der Waals surface area contributed by atoms with Crippen LogP contribution in [0.4, 0.5) is 5.69 Å². The molecule has 18 heavy (non-hydrogen) atoms. The second-order valence-electron chi connectivity index (χ2n) is 4.33. The molecule has 0 aliphatic rings. The Kier molecular flexibility index (Phi) is 3.46. The Bertz CT molecular complexity index is 579. The predicted octanol–water partition coefficient (Wildman–Crippen LogP) is 2.02. The minimum Gasteiger partial charge on any atom is -0.469 e. The molecule has 0 spiro atoms. The van der Waals surface area contributed by atoms with Gasteiger partial charge in [0.05, 0.1) is 24.7 Å². The van der Waals surface area contributed by atoms with Gasteiger partial charge in [-0.3, -0.25) is 9.78 Å². The lowest BCUT2D eigenvalue weighted by molar-refractivity contribution is -0.139. The topological polar surface area (TPSA) is 42.4 Å². The zero-order valence-electron chi connectivity index (χ0n) is 10.8. The van der Waals surface area contributed by atoms with Crippen molar-refractivity contribution < 1.29 is 9.53 Å². The van der Waals surface area contributed by atoms with Gasteiger partial charge in [0.2, 0.25) is 0 Å². The standard InChI is InChI=1S/C14H16N2O2/c1-16(2)12-6-7-13-10(8-12)4-5-11(15-13)9-14(17)18-3/h4-8H,9H2,1-3H3. The number of fused-ring (bicyclic) bond motifs is 1. The van der Waals surface area contributed by atoms with Crippen LogP contribution in [0.15, 0.2) is 30.3 Å². The third-order valence-corrected chi connectivity index (χ3v) is 2.80. The van der Waals surface area contributed by atoms with E-state index in [2.05, 4.69) is 15.8 Å². The highest BCUT2D eigenvalue weighted by Gasteiger charge is 2.06. The van der Waals surface area contributed by atoms with E-state index in [-0.39, 0.29) is 12.4 Å². The second-order valence-corrected chi connectivity index (χ2v) is 4.33. The molecule has 0 bridgehead atoms. The smallest absolute Gasteiger partial charge is 0.311 e. The molecule has 0 radical (unpaired) electrons. The number of hydrogen-bond donors (Lipinski definition) is 0. The molecule has 1 aromatic carbocycles. The van der Waals surface area contributed by atoms with Crippen molar-refractivity contribution in [3.05, 3.63) is 36.0 Å². The summed E-state index contributed by atoms with van der Waals surface area (Å²) in [4.78, 5) is 17.7. The number of carbonyl (C=O) groups is 1. The molecule has 4 nitrogen and oxygen atoms in total. The van der Waals surface area contributed by atoms with Crippen LogP contribution in [-0.4, -0.2) is 32.2 Å². The number of anilines is 1. The van der Waals surface area contributed by atoms with Gasteiger partial charge in [-0.1, -0.05) is 6.07 Å². The first-order valence-electron chi connectivity index (χ1n) is 5.74. The predicted molar refractivity (Wildman–Crippen MR) is 71.8 cm³/mol. The van der Waals surface area contributed by atoms with Gasteiger partial charge in [0.25, 0.3) is 0 Å². The van der Waals surface area contributed by atoms with Crippen molar-refractivity contribution in [1.29, 1.82) is 0 Å². The van der Waals surface area contributed by atoms with Crippen molar-refractivity contribution in [2.24, 2.45) is 0 Å². The molecule has 0 amide bonds. The largest absolute Gasteiger partial charge is 0.469 e. The number of benzene rings is 1. The fourth-order valence-corrected chi connectivity index (χ4v) is 1.75. The summed E-state index contributed by atoms with van der Waals surface area (Å²) in [5, 5.41) is 1.06. The first kappa shape index (κ1) is 12.4. The summed E-state index contributed by atoms with van der Waals surface area (Å²) in [6.45, 7) is 0. The van der Waals surface area contributed by atoms with Crippen molar-refractivity contribution >= 4 is 22.6 Å². The van der Waals surface area contributed by atoms with Gasteiger partial charge in [0, 0.05) is 25.2 Å². The zero-order chi connectivity index (χ0) is 13.1. The third-order valence-electron chi connectivity index (χ3n) is 2.80. The van der Waals surface area contributed by atoms with E-state index in [4.69, 9.17) is 0 Å². The molecule has 0 atom stereocenters. The molecular weight excluding hydrogens is 228 g/mol. The summed E-state index contributed by atoms with van der Waals surface area (Å²) >= 11 is 0. The monoisotopic (exact) mass is 244 g/mol. The minimum atomic E-state index is -0.272. The number of hydrogen-bond acceptors (Lipinski definition) is 4. The lowest BCUT2D eigenvalue weighted by Gasteiger charge is -2.13. The van der Waals surface area contributed by atoms with E-state index >= 15 is 0 Å². The molecule has 0 aliphatic carbocycles. The molecule has 0 saturated carbocycles. The number of esters is 1. The van der Waals surface area contributed by atoms with E-state index < -0.39 is 0 Å². The number of pyridine rings is 1. The lowest BCUT2D eigenvalue weighted by atomic mass is 10.1. The molecule has 94 valence electrons. The van der Waals surface area contributed by atoms with Gasteiger partial charge >= 0.3 is 5.97 Å². The van der Waals surface area contributed by atoms with Gasteiger partial charge in [0.15, 0.2) is 0 Å². The lowest BCUT2D eigenvalue weighted by Crippen LogP contribution is -2.08. The highest BCUT2D eigenvalue weighted by molar-refractivity contribution is 5.83. The van der Waals surface area contributed by atoms with Gasteiger partial charge in [-0.15, -0.1) is 0 Å². The fourth-order valence-electron chi connectivity index (χ4n) is 1.75. The quantitative estimate of drug-likeness (QED) is 0.775. The van der Waals surface area contributed by atoms with Crippen molar-refractivity contribution in [2.45, 2.75) is 6.42 Å². The molecule has 2 rings (SSSR count). The Morgan fingerprint density at radius 3 is 2.72 bits per heavy atom. The molecule has 0 fully saturated rings. The number of ether oxygens (including phenoxy) is 1. The second kappa shape index (κ2) is 5.04. The van der Waals surface area contributed by atoms with E-state index in [0.717, 1.165) is 22.3 Å². The van der Waals surface area contributed by atoms with Crippen LogP contribution in [0.5, 0.6) is 0 Å². The van der Waals surface area contributed by atoms with E-state index in [1.165, 1.54) is 7.11 Å². The first-order chi connectivity index (χ1) is 8.60. The van der Waals surface area contributed by atoms with E-state index in [1.54, 1.807) is 0 Å². The Hall–Kier alpha value is -2.10. The maximum atomic E-state index is 11.2. The minimum absolute atomic E-state index is 0.210. The summed E-state index contributed by atoms with van der Waals surface area (Å²) in [5.74, 6) is -0.272. The van der Waals surface area contributed by atoms with Gasteiger partial charge in [-0.05, 0) is 24.3 Å². The Morgan fingerprint density at radius 2 is 2.06 bits per heavy atom. The van der Waals surface area contributed by atoms with E-state index in [1.807, 2.05) is 43.3 Å². The number of aromatic nitrogens is 1. The van der Waals surface area contributed by atoms with Crippen LogP contribution < -0.4 is 4.90 Å². The zero-order valence-corrected chi connectivity index (χ0v) is 10.8. The first-order valence-corrected chi connectivity index (χ1v) is 5.74. The summed E-state index contributed by atoms with van der Waals surface area (Å²) in [5.41, 5.74) is 2.75. The molecular formula is C14H16N2O2. The van der Waals surface area contributed by atoms with Gasteiger partial charge in [-0.25, -0.2) is 0 Å². The Morgan fingerprint density at radius 1 is 1.28 bits per heavy atom. The number of methoxy groups -OCH3 is 1. The maximum absolute atomic E-state index is 11.2. The number of rotatable bonds is 3. The van der Waals surface area contributed by atoms with E-state index in [9.17, 15) is 4.79 Å². The summed E-state index contributed by atoms with van der Waals surface area (Å²) in [7, 11) is 5.38. The molecule has 1 aromatic heterocycles. The van der Waals surface area contributed by atoms with Gasteiger partial charge in [-0.2, -0.15) is 0 Å². The normalized spacial score (nSPS) is 10.4. The number of carbonyl (C=O) groups excluding carboxylic acids is 1. The van der Waals surface area contributed by atoms with Crippen molar-refractivity contribution in [2.75, 3.05) is 26.1 Å². The molecule has 0 saturated heterocycles. The molecule has 4 heteroatoms. The van der Waals surface area contributed by atoms with Crippen LogP contribution in [0, 0.1) is 0 Å². The van der Waals surface area contributed by atoms with Crippen LogP contribution in [0.2, 0.25) is 0 Å². The highest BCUT2D eigenvalue weighted by atomic mass is 16.5. The number of nitrogens with zero attached hydrogens (tertiary/aromatic N) is 2. The fraction of sp³-hybridized carbons (Fsp3) is 0.286. The molecule has 1 heterocycles. The van der Waals surface area contributed by atoms with Gasteiger partial charge < -0.3 is 9.64 Å². The molecule has 0 unspecified atom stereocenters. The Balaban J connectivity index is 2.35. The molecule has 0 aliphatic heterocycles.